The quantitative estimate of drug-likeness (QED) is 0.230. The van der Waals surface area contributed by atoms with Gasteiger partial charge in [0.1, 0.15) is 18.0 Å². The van der Waals surface area contributed by atoms with Gasteiger partial charge in [-0.2, -0.15) is 0 Å². The summed E-state index contributed by atoms with van der Waals surface area (Å²) in [6, 6.07) is 2.51. The highest BCUT2D eigenvalue weighted by atomic mass is 32.2. The van der Waals surface area contributed by atoms with E-state index >= 15 is 0 Å². The lowest BCUT2D eigenvalue weighted by atomic mass is 10.1. The fourth-order valence-corrected chi connectivity index (χ4v) is 4.76. The van der Waals surface area contributed by atoms with Crippen LogP contribution in [0.2, 0.25) is 0 Å². The lowest BCUT2D eigenvalue weighted by Crippen LogP contribution is -2.33. The maximum Gasteiger partial charge on any atom is 0.191 e. The number of anilines is 1. The van der Waals surface area contributed by atoms with E-state index in [1.54, 1.807) is 19.1 Å². The summed E-state index contributed by atoms with van der Waals surface area (Å²) in [6.07, 6.45) is -8.36. The number of halogens is 1. The maximum absolute atomic E-state index is 14.3. The fourth-order valence-electron chi connectivity index (χ4n) is 4.30. The Morgan fingerprint density at radius 1 is 1.33 bits per heavy atom. The van der Waals surface area contributed by atoms with E-state index in [1.165, 1.54) is 6.07 Å². The lowest BCUT2D eigenvalue weighted by Gasteiger charge is -2.17. The number of hydrogen-bond acceptors (Lipinski definition) is 10. The lowest BCUT2D eigenvalue weighted by molar-refractivity contribution is -0.0629. The van der Waals surface area contributed by atoms with Gasteiger partial charge >= 0.3 is 0 Å². The standard InChI is InChI=1S/C24H31FN6O4S/c1-3-8-36-24-27-22(26-16-10-14(16)13-5-4-12(2)15(25)9-13)19-23(28-24)31(30-29-19)17-11-18(35-7-6-32)21(34)20(17)33/h4-5,9,14,16-18,20-21,32-34H,3,6-8,10-11H2,1-2H3,(H,26,27,28)/t14-,16+,17+,18-,20-,21+/m0/s1/i3D2,6D2,8D2,10D2. The number of aliphatic hydroxyl groups excluding tert-OH is 2. The Balaban J connectivity index is 1.52. The van der Waals surface area contributed by atoms with Crippen LogP contribution in [0.15, 0.2) is 23.4 Å². The molecule has 2 heterocycles. The number of hydrogen-bond donors (Lipinski definition) is 4. The van der Waals surface area contributed by atoms with Gasteiger partial charge in [-0.15, -0.1) is 5.10 Å². The molecule has 1 aromatic carbocycles. The van der Waals surface area contributed by atoms with Gasteiger partial charge in [0.15, 0.2) is 22.1 Å². The topological polar surface area (TPSA) is 138 Å². The summed E-state index contributed by atoms with van der Waals surface area (Å²) >= 11 is 0.375. The Hall–Kier alpha value is -2.38. The Morgan fingerprint density at radius 2 is 2.17 bits per heavy atom. The monoisotopic (exact) mass is 526 g/mol. The largest absolute Gasteiger partial charge is 0.394 e. The van der Waals surface area contributed by atoms with E-state index in [1.807, 2.05) is 0 Å². The number of aliphatic hydroxyl groups is 3. The van der Waals surface area contributed by atoms with Gasteiger partial charge in [0.25, 0.3) is 0 Å². The minimum atomic E-state index is -2.68. The predicted molar refractivity (Wildman–Crippen MR) is 133 cm³/mol. The molecule has 2 saturated carbocycles. The molecule has 0 amide bonds. The van der Waals surface area contributed by atoms with E-state index < -0.39 is 73.7 Å². The Morgan fingerprint density at radius 3 is 2.92 bits per heavy atom. The molecule has 36 heavy (non-hydrogen) atoms. The Labute approximate surface area is 223 Å². The SMILES string of the molecule is [2H]C([2H])(O)CO[C@H]1C[C@@H](n2nnc3c(N[C@H]4[C@H](c5ccc(C)c(F)c5)C4([2H])[2H])nc(SC([2H])([2H])C([2H])([2H])C)nc32)[C@H](O)[C@@H]1O. The summed E-state index contributed by atoms with van der Waals surface area (Å²) in [7, 11) is 0. The van der Waals surface area contributed by atoms with Gasteiger partial charge in [0.2, 0.25) is 0 Å². The zero-order valence-corrected chi connectivity index (χ0v) is 20.2. The van der Waals surface area contributed by atoms with Crippen LogP contribution in [0.25, 0.3) is 11.2 Å². The van der Waals surface area contributed by atoms with Crippen LogP contribution < -0.4 is 5.32 Å². The molecule has 0 radical (unpaired) electrons. The van der Waals surface area contributed by atoms with Crippen molar-refractivity contribution >= 4 is 28.7 Å². The van der Waals surface area contributed by atoms with E-state index in [0.717, 1.165) is 11.6 Å². The van der Waals surface area contributed by atoms with Crippen LogP contribution in [0.1, 0.15) is 60.1 Å². The third-order valence-electron chi connectivity index (χ3n) is 6.25. The number of aromatic nitrogens is 5. The van der Waals surface area contributed by atoms with Gasteiger partial charge in [-0.3, -0.25) is 0 Å². The van der Waals surface area contributed by atoms with Crippen molar-refractivity contribution in [2.75, 3.05) is 24.2 Å². The van der Waals surface area contributed by atoms with E-state index in [2.05, 4.69) is 25.6 Å². The Kier molecular flexibility index (Phi) is 5.03. The van der Waals surface area contributed by atoms with Crippen molar-refractivity contribution in [2.24, 2.45) is 0 Å². The highest BCUT2D eigenvalue weighted by molar-refractivity contribution is 7.99. The summed E-state index contributed by atoms with van der Waals surface area (Å²) < 4.78 is 84.6. The van der Waals surface area contributed by atoms with Crippen molar-refractivity contribution in [3.63, 3.8) is 0 Å². The first-order valence-corrected chi connectivity index (χ1v) is 12.1. The molecule has 2 aliphatic carbocycles. The summed E-state index contributed by atoms with van der Waals surface area (Å²) in [5, 5.41) is 41.6. The molecule has 6 atom stereocenters. The van der Waals surface area contributed by atoms with Crippen LogP contribution >= 0.6 is 11.8 Å². The van der Waals surface area contributed by atoms with Crippen LogP contribution in [-0.2, 0) is 4.74 Å². The molecule has 0 bridgehead atoms. The summed E-state index contributed by atoms with van der Waals surface area (Å²) in [5.74, 6) is -1.32. The zero-order chi connectivity index (χ0) is 32.6. The number of ether oxygens (including phenoxy) is 1. The predicted octanol–water partition coefficient (Wildman–Crippen LogP) is 2.18. The van der Waals surface area contributed by atoms with Crippen LogP contribution in [0.5, 0.6) is 0 Å². The van der Waals surface area contributed by atoms with Gasteiger partial charge in [0.05, 0.1) is 28.1 Å². The highest BCUT2D eigenvalue weighted by Gasteiger charge is 2.45. The number of fused-ring (bicyclic) bond motifs is 1. The van der Waals surface area contributed by atoms with Crippen LogP contribution in [-0.4, -0.2) is 83.5 Å². The smallest absolute Gasteiger partial charge is 0.191 e. The third-order valence-corrected chi connectivity index (χ3v) is 6.92. The molecule has 0 aliphatic heterocycles. The first-order valence-electron chi connectivity index (χ1n) is 15.3. The first kappa shape index (κ1) is 17.2. The molecule has 3 aromatic rings. The molecule has 2 aromatic heterocycles. The average molecular weight is 527 g/mol. The van der Waals surface area contributed by atoms with E-state index in [4.69, 9.17) is 15.7 Å². The zero-order valence-electron chi connectivity index (χ0n) is 27.4. The number of thioether (sulfide) groups is 1. The van der Waals surface area contributed by atoms with Gasteiger partial charge in [0, 0.05) is 32.3 Å². The molecule has 2 fully saturated rings. The molecule has 12 heteroatoms. The average Bonchev–Trinajstić information content (AvgIpc) is 3.14. The second-order valence-corrected chi connectivity index (χ2v) is 9.36. The van der Waals surface area contributed by atoms with E-state index in [-0.39, 0.29) is 28.6 Å². The molecule has 0 saturated heterocycles. The highest BCUT2D eigenvalue weighted by Crippen LogP contribution is 2.44. The van der Waals surface area contributed by atoms with Crippen molar-refractivity contribution in [3.05, 3.63) is 35.1 Å². The number of rotatable bonds is 10. The van der Waals surface area contributed by atoms with Crippen LogP contribution in [0.4, 0.5) is 10.2 Å². The van der Waals surface area contributed by atoms with Gasteiger partial charge in [-0.25, -0.2) is 19.0 Å². The minimum Gasteiger partial charge on any atom is -0.394 e. The number of nitrogens with zero attached hydrogens (tertiary/aromatic N) is 5. The van der Waals surface area contributed by atoms with E-state index in [0.29, 0.717) is 22.9 Å². The summed E-state index contributed by atoms with van der Waals surface area (Å²) in [6.45, 7) is -0.805. The second-order valence-electron chi connectivity index (χ2n) is 8.58. The molecular formula is C24H31FN6O4S. The van der Waals surface area contributed by atoms with Gasteiger partial charge in [-0.05, 0) is 36.9 Å². The molecule has 5 rings (SSSR count). The molecule has 2 aliphatic rings. The van der Waals surface area contributed by atoms with Crippen molar-refractivity contribution < 1.29 is 35.4 Å². The second kappa shape index (κ2) is 10.5. The van der Waals surface area contributed by atoms with E-state index in [9.17, 15) is 19.7 Å². The maximum atomic E-state index is 14.3. The van der Waals surface area contributed by atoms with Crippen molar-refractivity contribution in [3.8, 4) is 0 Å². The fraction of sp³-hybridized carbons (Fsp3) is 0.583. The van der Waals surface area contributed by atoms with Crippen LogP contribution in [0, 0.1) is 12.7 Å². The molecule has 0 spiro atoms. The van der Waals surface area contributed by atoms with Crippen molar-refractivity contribution in [2.45, 2.75) is 74.5 Å². The molecule has 194 valence electrons. The summed E-state index contributed by atoms with van der Waals surface area (Å²) in [5.41, 5.74) is -1.74. The normalized spacial score (nSPS) is 33.5. The van der Waals surface area contributed by atoms with Gasteiger partial charge in [-0.1, -0.05) is 36.0 Å². The molecule has 10 nitrogen and oxygen atoms in total. The minimum absolute atomic E-state index is 0.00343. The summed E-state index contributed by atoms with van der Waals surface area (Å²) in [4.78, 5) is 8.66. The molecule has 0 unspecified atom stereocenters. The number of nitrogens with one attached hydrogen (secondary N) is 1. The number of benzene rings is 1. The molecular weight excluding hydrogens is 487 g/mol. The van der Waals surface area contributed by atoms with Gasteiger partial charge < -0.3 is 25.4 Å². The third kappa shape index (κ3) is 4.92. The number of aryl methyl sites for hydroxylation is 1. The van der Waals surface area contributed by atoms with Crippen molar-refractivity contribution in [1.82, 2.24) is 25.0 Å². The van der Waals surface area contributed by atoms with Crippen molar-refractivity contribution in [1.29, 1.82) is 0 Å². The first-order chi connectivity index (χ1) is 20.2. The Bertz CT molecular complexity index is 1560. The molecule has 4 N–H and O–H groups in total. The van der Waals surface area contributed by atoms with Crippen LogP contribution in [0.3, 0.4) is 0 Å².